The minimum atomic E-state index is -3.93. The second-order valence-corrected chi connectivity index (χ2v) is 14.1. The first kappa shape index (κ1) is 30.2. The van der Waals surface area contributed by atoms with Crippen LogP contribution >= 0.6 is 0 Å². The molecule has 1 fully saturated rings. The maximum Gasteiger partial charge on any atom is 0.318 e. The number of hydrogen-bond donors (Lipinski definition) is 0. The number of pyridine rings is 1. The van der Waals surface area contributed by atoms with Gasteiger partial charge in [-0.3, -0.25) is 13.9 Å². The van der Waals surface area contributed by atoms with Gasteiger partial charge in [-0.2, -0.15) is 8.42 Å². The first-order chi connectivity index (χ1) is 20.4. The quantitative estimate of drug-likeness (QED) is 0.174. The standard InChI is InChI=1S/C35H36N2O5S/c1-34(2,3)31(27-18-13-19-28(22-27)37(4)43(40,41)29-20-11-12-21-36-29)30-32(38)35(42-33(30)39,23-25-14-7-5-8-15-25)24-26-16-9-6-10-17-26/h5-22,30-31H,23-24H2,1-4H3. The van der Waals surface area contributed by atoms with Gasteiger partial charge in [0.25, 0.3) is 10.0 Å². The van der Waals surface area contributed by atoms with Gasteiger partial charge in [0, 0.05) is 32.0 Å². The van der Waals surface area contributed by atoms with E-state index in [1.54, 1.807) is 30.3 Å². The average Bonchev–Trinajstić information content (AvgIpc) is 3.21. The predicted molar refractivity (Wildman–Crippen MR) is 166 cm³/mol. The van der Waals surface area contributed by atoms with Gasteiger partial charge in [-0.1, -0.05) is 99.6 Å². The maximum atomic E-state index is 14.6. The minimum absolute atomic E-state index is 0.0727. The van der Waals surface area contributed by atoms with E-state index in [9.17, 15) is 18.0 Å². The number of esters is 1. The Kier molecular flexibility index (Phi) is 8.25. The van der Waals surface area contributed by atoms with E-state index in [1.807, 2.05) is 87.5 Å². The van der Waals surface area contributed by atoms with E-state index in [0.29, 0.717) is 11.3 Å². The molecule has 8 heteroatoms. The van der Waals surface area contributed by atoms with Crippen molar-refractivity contribution in [2.75, 3.05) is 11.4 Å². The molecule has 2 heterocycles. The average molecular weight is 597 g/mol. The van der Waals surface area contributed by atoms with Crippen molar-refractivity contribution in [3.05, 3.63) is 126 Å². The van der Waals surface area contributed by atoms with Crippen LogP contribution in [0.4, 0.5) is 5.69 Å². The number of carbonyl (C=O) groups is 2. The number of ether oxygens (including phenoxy) is 1. The Hall–Kier alpha value is -4.30. The van der Waals surface area contributed by atoms with Crippen LogP contribution in [0.2, 0.25) is 0 Å². The van der Waals surface area contributed by atoms with Crippen LogP contribution in [0.3, 0.4) is 0 Å². The zero-order valence-corrected chi connectivity index (χ0v) is 25.6. The van der Waals surface area contributed by atoms with E-state index in [0.717, 1.165) is 11.1 Å². The summed E-state index contributed by atoms with van der Waals surface area (Å²) in [5.74, 6) is -2.46. The zero-order valence-electron chi connectivity index (χ0n) is 24.8. The molecule has 0 saturated carbocycles. The molecule has 0 spiro atoms. The second kappa shape index (κ2) is 11.8. The molecule has 0 radical (unpaired) electrons. The summed E-state index contributed by atoms with van der Waals surface area (Å²) in [5.41, 5.74) is 0.956. The molecule has 1 saturated heterocycles. The van der Waals surface area contributed by atoms with Crippen LogP contribution < -0.4 is 4.31 Å². The van der Waals surface area contributed by atoms with Crippen LogP contribution in [-0.4, -0.2) is 37.8 Å². The Labute approximate surface area is 253 Å². The lowest BCUT2D eigenvalue weighted by Gasteiger charge is -2.34. The Morgan fingerprint density at radius 2 is 1.42 bits per heavy atom. The SMILES string of the molecule is CN(c1cccc(C(C2C(=O)OC(Cc3ccccc3)(Cc3ccccc3)C2=O)C(C)(C)C)c1)S(=O)(=O)c1ccccn1. The summed E-state index contributed by atoms with van der Waals surface area (Å²) < 4.78 is 34.0. The number of nitrogens with zero attached hydrogens (tertiary/aromatic N) is 2. The molecule has 1 aliphatic rings. The second-order valence-electron chi connectivity index (χ2n) is 12.2. The van der Waals surface area contributed by atoms with Crippen LogP contribution in [0.15, 0.2) is 114 Å². The molecule has 0 amide bonds. The number of anilines is 1. The molecule has 2 unspecified atom stereocenters. The summed E-state index contributed by atoms with van der Waals surface area (Å²) in [7, 11) is -2.47. The van der Waals surface area contributed by atoms with Gasteiger partial charge in [0.15, 0.2) is 16.4 Å². The van der Waals surface area contributed by atoms with Crippen LogP contribution in [0, 0.1) is 11.3 Å². The monoisotopic (exact) mass is 596 g/mol. The number of Topliss-reactive ketones (excluding diaryl/α,β-unsaturated/α-hetero) is 1. The molecule has 5 rings (SSSR count). The number of sulfonamides is 1. The number of rotatable bonds is 9. The van der Waals surface area contributed by atoms with Crippen molar-refractivity contribution in [1.82, 2.24) is 4.98 Å². The van der Waals surface area contributed by atoms with Crippen molar-refractivity contribution in [1.29, 1.82) is 0 Å². The van der Waals surface area contributed by atoms with Gasteiger partial charge in [0.2, 0.25) is 0 Å². The van der Waals surface area contributed by atoms with Gasteiger partial charge in [-0.15, -0.1) is 0 Å². The number of aromatic nitrogens is 1. The van der Waals surface area contributed by atoms with Crippen LogP contribution in [-0.2, 0) is 37.2 Å². The molecule has 7 nitrogen and oxygen atoms in total. The third-order valence-electron chi connectivity index (χ3n) is 8.07. The first-order valence-corrected chi connectivity index (χ1v) is 15.7. The lowest BCUT2D eigenvalue weighted by atomic mass is 9.66. The Morgan fingerprint density at radius 1 is 0.837 bits per heavy atom. The van der Waals surface area contributed by atoms with Crippen LogP contribution in [0.1, 0.15) is 43.4 Å². The molecule has 0 bridgehead atoms. The van der Waals surface area contributed by atoms with Gasteiger partial charge in [-0.05, 0) is 46.4 Å². The number of ketones is 1. The highest BCUT2D eigenvalue weighted by molar-refractivity contribution is 7.92. The summed E-state index contributed by atoms with van der Waals surface area (Å²) in [6, 6.07) is 30.9. The lowest BCUT2D eigenvalue weighted by molar-refractivity contribution is -0.153. The van der Waals surface area contributed by atoms with Crippen molar-refractivity contribution >= 4 is 27.5 Å². The molecule has 43 heavy (non-hydrogen) atoms. The molecule has 2 atom stereocenters. The third-order valence-corrected chi connectivity index (χ3v) is 9.77. The van der Waals surface area contributed by atoms with E-state index in [-0.39, 0.29) is 23.7 Å². The molecule has 4 aromatic rings. The summed E-state index contributed by atoms with van der Waals surface area (Å²) in [6.45, 7) is 5.94. The van der Waals surface area contributed by atoms with Crippen molar-refractivity contribution in [2.24, 2.45) is 11.3 Å². The Bertz CT molecular complexity index is 1660. The largest absolute Gasteiger partial charge is 0.450 e. The van der Waals surface area contributed by atoms with Crippen LogP contribution in [0.25, 0.3) is 0 Å². The number of hydrogen-bond acceptors (Lipinski definition) is 6. The van der Waals surface area contributed by atoms with Gasteiger partial charge in [0.05, 0.1) is 5.69 Å². The number of benzene rings is 3. The lowest BCUT2D eigenvalue weighted by Crippen LogP contribution is -2.44. The highest BCUT2D eigenvalue weighted by Gasteiger charge is 2.59. The smallest absolute Gasteiger partial charge is 0.318 e. The Balaban J connectivity index is 1.55. The van der Waals surface area contributed by atoms with Crippen molar-refractivity contribution in [3.63, 3.8) is 0 Å². The molecular weight excluding hydrogens is 560 g/mol. The van der Waals surface area contributed by atoms with Crippen LogP contribution in [0.5, 0.6) is 0 Å². The molecular formula is C35H36N2O5S. The predicted octanol–water partition coefficient (Wildman–Crippen LogP) is 6.00. The van der Waals surface area contributed by atoms with Crippen molar-refractivity contribution < 1.29 is 22.7 Å². The van der Waals surface area contributed by atoms with Gasteiger partial charge in [-0.25, -0.2) is 4.98 Å². The number of carbonyl (C=O) groups excluding carboxylic acids is 2. The van der Waals surface area contributed by atoms with Crippen molar-refractivity contribution in [3.8, 4) is 0 Å². The Morgan fingerprint density at radius 3 is 1.95 bits per heavy atom. The summed E-state index contributed by atoms with van der Waals surface area (Å²) in [5, 5.41) is -0.0727. The topological polar surface area (TPSA) is 93.6 Å². The van der Waals surface area contributed by atoms with E-state index >= 15 is 0 Å². The summed E-state index contributed by atoms with van der Waals surface area (Å²) >= 11 is 0. The van der Waals surface area contributed by atoms with Crippen molar-refractivity contribution in [2.45, 2.75) is 50.2 Å². The summed E-state index contributed by atoms with van der Waals surface area (Å²) in [4.78, 5) is 32.5. The van der Waals surface area contributed by atoms with Gasteiger partial charge >= 0.3 is 5.97 Å². The van der Waals surface area contributed by atoms with E-state index < -0.39 is 38.8 Å². The molecule has 3 aromatic carbocycles. The maximum absolute atomic E-state index is 14.6. The van der Waals surface area contributed by atoms with Gasteiger partial charge in [0.1, 0.15) is 5.92 Å². The fourth-order valence-electron chi connectivity index (χ4n) is 6.03. The third kappa shape index (κ3) is 6.11. The first-order valence-electron chi connectivity index (χ1n) is 14.3. The van der Waals surface area contributed by atoms with E-state index in [1.165, 1.54) is 23.6 Å². The molecule has 0 aliphatic carbocycles. The highest BCUT2D eigenvalue weighted by Crippen LogP contribution is 2.48. The fourth-order valence-corrected chi connectivity index (χ4v) is 7.15. The highest BCUT2D eigenvalue weighted by atomic mass is 32.2. The zero-order chi connectivity index (χ0) is 30.8. The minimum Gasteiger partial charge on any atom is -0.450 e. The van der Waals surface area contributed by atoms with Gasteiger partial charge < -0.3 is 4.74 Å². The molecule has 1 aromatic heterocycles. The molecule has 222 valence electrons. The molecule has 1 aliphatic heterocycles. The van der Waals surface area contributed by atoms with E-state index in [4.69, 9.17) is 4.74 Å². The fraction of sp³-hybridized carbons (Fsp3) is 0.286. The normalized spacial score (nSPS) is 17.3. The number of cyclic esters (lactones) is 1. The molecule has 0 N–H and O–H groups in total. The van der Waals surface area contributed by atoms with E-state index in [2.05, 4.69) is 4.98 Å². The summed E-state index contributed by atoms with van der Waals surface area (Å²) in [6.07, 6.45) is 1.94.